The number of hydrogen-bond acceptors (Lipinski definition) is 3. The molecule has 0 spiro atoms. The summed E-state index contributed by atoms with van der Waals surface area (Å²) in [4.78, 5) is 5.01. The van der Waals surface area contributed by atoms with Gasteiger partial charge in [0, 0.05) is 27.1 Å². The van der Waals surface area contributed by atoms with E-state index in [2.05, 4.69) is 20.9 Å². The van der Waals surface area contributed by atoms with E-state index in [0.717, 1.165) is 19.4 Å². The normalized spacial score (nSPS) is 10.8. The molecule has 62 valence electrons. The molecule has 0 amide bonds. The van der Waals surface area contributed by atoms with Crippen molar-refractivity contribution in [1.82, 2.24) is 4.98 Å². The molecule has 1 N–H and O–H groups in total. The lowest BCUT2D eigenvalue weighted by Gasteiger charge is -1.89. The molecule has 0 radical (unpaired) electrons. The largest absolute Gasteiger partial charge is 0.391 e. The van der Waals surface area contributed by atoms with Crippen LogP contribution in [-0.4, -0.2) is 10.1 Å². The predicted molar refractivity (Wildman–Crippen MR) is 53.2 cm³/mol. The first-order chi connectivity index (χ1) is 5.81. The summed E-state index contributed by atoms with van der Waals surface area (Å²) in [6.45, 7) is 0.103. The fourth-order valence-corrected chi connectivity index (χ4v) is 2.55. The number of hydrogen-bond donors (Lipinski definition) is 1. The Kier molecular flexibility index (Phi) is 2.12. The zero-order valence-corrected chi connectivity index (χ0v) is 8.52. The summed E-state index contributed by atoms with van der Waals surface area (Å²) in [7, 11) is 0. The summed E-state index contributed by atoms with van der Waals surface area (Å²) in [6, 6.07) is 1.98. The van der Waals surface area contributed by atoms with Gasteiger partial charge in [0.15, 0.2) is 0 Å². The highest BCUT2D eigenvalue weighted by molar-refractivity contribution is 9.10. The number of aliphatic hydroxyl groups is 1. The molecule has 2 rings (SSSR count). The maximum atomic E-state index is 8.90. The van der Waals surface area contributed by atoms with E-state index in [9.17, 15) is 0 Å². The van der Waals surface area contributed by atoms with Gasteiger partial charge in [-0.15, -0.1) is 11.3 Å². The molecule has 0 aliphatic rings. The number of fused-ring (bicyclic) bond motifs is 1. The summed E-state index contributed by atoms with van der Waals surface area (Å²) in [6.07, 6.45) is 3.57. The number of nitrogens with zero attached hydrogens (tertiary/aromatic N) is 1. The summed E-state index contributed by atoms with van der Waals surface area (Å²) in [5.41, 5.74) is 0. The Balaban J connectivity index is 2.74. The SMILES string of the molecule is OCc1cc2c(Br)cncc2s1. The van der Waals surface area contributed by atoms with Crippen molar-refractivity contribution < 1.29 is 5.11 Å². The Labute approximate surface area is 82.0 Å². The Morgan fingerprint density at radius 2 is 2.33 bits per heavy atom. The van der Waals surface area contributed by atoms with E-state index in [4.69, 9.17) is 5.11 Å². The van der Waals surface area contributed by atoms with Crippen LogP contribution in [0.5, 0.6) is 0 Å². The summed E-state index contributed by atoms with van der Waals surface area (Å²) < 4.78 is 2.09. The van der Waals surface area contributed by atoms with E-state index < -0.39 is 0 Å². The van der Waals surface area contributed by atoms with Gasteiger partial charge in [-0.05, 0) is 22.0 Å². The van der Waals surface area contributed by atoms with Crippen LogP contribution in [-0.2, 0) is 6.61 Å². The molecule has 12 heavy (non-hydrogen) atoms. The van der Waals surface area contributed by atoms with Gasteiger partial charge < -0.3 is 5.11 Å². The number of rotatable bonds is 1. The van der Waals surface area contributed by atoms with Crippen molar-refractivity contribution in [2.24, 2.45) is 0 Å². The highest BCUT2D eigenvalue weighted by Crippen LogP contribution is 2.30. The average Bonchev–Trinajstić information content (AvgIpc) is 2.49. The molecule has 0 atom stereocenters. The quantitative estimate of drug-likeness (QED) is 0.836. The topological polar surface area (TPSA) is 33.1 Å². The van der Waals surface area contributed by atoms with Gasteiger partial charge in [-0.25, -0.2) is 0 Å². The fraction of sp³-hybridized carbons (Fsp3) is 0.125. The van der Waals surface area contributed by atoms with Gasteiger partial charge in [0.1, 0.15) is 0 Å². The second-order valence-electron chi connectivity index (χ2n) is 2.40. The lowest BCUT2D eigenvalue weighted by atomic mass is 10.3. The Morgan fingerprint density at radius 3 is 3.00 bits per heavy atom. The third kappa shape index (κ3) is 1.26. The van der Waals surface area contributed by atoms with Crippen LogP contribution in [0.2, 0.25) is 0 Å². The molecular weight excluding hydrogens is 238 g/mol. The van der Waals surface area contributed by atoms with Crippen molar-refractivity contribution in [1.29, 1.82) is 0 Å². The van der Waals surface area contributed by atoms with Crippen LogP contribution < -0.4 is 0 Å². The molecule has 0 aliphatic carbocycles. The van der Waals surface area contributed by atoms with Crippen LogP contribution in [0.4, 0.5) is 0 Å². The minimum atomic E-state index is 0.103. The number of aliphatic hydroxyl groups excluding tert-OH is 1. The standard InChI is InChI=1S/C8H6BrNOS/c9-7-2-10-3-8-6(7)1-5(4-11)12-8/h1-3,11H,4H2. The van der Waals surface area contributed by atoms with Crippen LogP contribution in [0.3, 0.4) is 0 Å². The summed E-state index contributed by atoms with van der Waals surface area (Å²) in [5.74, 6) is 0. The molecular formula is C8H6BrNOS. The van der Waals surface area contributed by atoms with Gasteiger partial charge >= 0.3 is 0 Å². The van der Waals surface area contributed by atoms with E-state index in [1.807, 2.05) is 12.3 Å². The van der Waals surface area contributed by atoms with Crippen LogP contribution in [0.1, 0.15) is 4.88 Å². The second-order valence-corrected chi connectivity index (χ2v) is 4.43. The number of aromatic nitrogens is 1. The molecule has 0 aliphatic heterocycles. The molecule has 0 aromatic carbocycles. The molecule has 2 aromatic rings. The first-order valence-electron chi connectivity index (χ1n) is 3.44. The van der Waals surface area contributed by atoms with Crippen LogP contribution in [0, 0.1) is 0 Å². The Bertz CT molecular complexity index is 412. The predicted octanol–water partition coefficient (Wildman–Crippen LogP) is 2.55. The van der Waals surface area contributed by atoms with Gasteiger partial charge in [0.25, 0.3) is 0 Å². The molecule has 0 saturated carbocycles. The number of pyridine rings is 1. The minimum Gasteiger partial charge on any atom is -0.391 e. The van der Waals surface area contributed by atoms with Crippen molar-refractivity contribution >= 4 is 37.4 Å². The zero-order chi connectivity index (χ0) is 8.55. The lowest BCUT2D eigenvalue weighted by molar-refractivity contribution is 0.285. The second kappa shape index (κ2) is 3.12. The van der Waals surface area contributed by atoms with Gasteiger partial charge in [-0.2, -0.15) is 0 Å². The van der Waals surface area contributed by atoms with Crippen molar-refractivity contribution in [3.8, 4) is 0 Å². The smallest absolute Gasteiger partial charge is 0.0774 e. The monoisotopic (exact) mass is 243 g/mol. The highest BCUT2D eigenvalue weighted by Gasteiger charge is 2.03. The third-order valence-electron chi connectivity index (χ3n) is 1.60. The molecule has 2 nitrogen and oxygen atoms in total. The first kappa shape index (κ1) is 8.16. The van der Waals surface area contributed by atoms with Crippen molar-refractivity contribution in [3.05, 3.63) is 27.8 Å². The van der Waals surface area contributed by atoms with Gasteiger partial charge in [-0.3, -0.25) is 4.98 Å². The van der Waals surface area contributed by atoms with E-state index in [-0.39, 0.29) is 6.61 Å². The van der Waals surface area contributed by atoms with Crippen LogP contribution >= 0.6 is 27.3 Å². The van der Waals surface area contributed by atoms with Crippen LogP contribution in [0.15, 0.2) is 22.9 Å². The summed E-state index contributed by atoms with van der Waals surface area (Å²) >= 11 is 4.97. The zero-order valence-electron chi connectivity index (χ0n) is 6.12. The third-order valence-corrected chi connectivity index (χ3v) is 3.29. The number of halogens is 1. The lowest BCUT2D eigenvalue weighted by Crippen LogP contribution is -1.71. The van der Waals surface area contributed by atoms with E-state index in [1.54, 1.807) is 17.5 Å². The van der Waals surface area contributed by atoms with Crippen molar-refractivity contribution in [2.75, 3.05) is 0 Å². The number of thiophene rings is 1. The average molecular weight is 244 g/mol. The van der Waals surface area contributed by atoms with E-state index >= 15 is 0 Å². The molecule has 0 bridgehead atoms. The van der Waals surface area contributed by atoms with Gasteiger partial charge in [0.05, 0.1) is 11.3 Å². The molecule has 2 aromatic heterocycles. The minimum absolute atomic E-state index is 0.103. The van der Waals surface area contributed by atoms with Gasteiger partial charge in [-0.1, -0.05) is 0 Å². The molecule has 4 heteroatoms. The van der Waals surface area contributed by atoms with E-state index in [0.29, 0.717) is 0 Å². The first-order valence-corrected chi connectivity index (χ1v) is 5.05. The molecule has 0 unspecified atom stereocenters. The maximum Gasteiger partial charge on any atom is 0.0774 e. The van der Waals surface area contributed by atoms with E-state index in [1.165, 1.54) is 0 Å². The fourth-order valence-electron chi connectivity index (χ4n) is 1.06. The van der Waals surface area contributed by atoms with Crippen LogP contribution in [0.25, 0.3) is 10.1 Å². The Hall–Kier alpha value is -0.450. The van der Waals surface area contributed by atoms with Crippen molar-refractivity contribution in [3.63, 3.8) is 0 Å². The Morgan fingerprint density at radius 1 is 1.50 bits per heavy atom. The highest BCUT2D eigenvalue weighted by atomic mass is 79.9. The molecule has 2 heterocycles. The maximum absolute atomic E-state index is 8.90. The molecule has 0 saturated heterocycles. The summed E-state index contributed by atoms with van der Waals surface area (Å²) in [5, 5.41) is 10.0. The molecule has 0 fully saturated rings. The van der Waals surface area contributed by atoms with Crippen molar-refractivity contribution in [2.45, 2.75) is 6.61 Å². The van der Waals surface area contributed by atoms with Gasteiger partial charge in [0.2, 0.25) is 0 Å².